The highest BCUT2D eigenvalue weighted by molar-refractivity contribution is 5.82. The van der Waals surface area contributed by atoms with Gasteiger partial charge in [0.1, 0.15) is 48.8 Å². The number of nitrogens with zero attached hydrogens (tertiary/aromatic N) is 2. The van der Waals surface area contributed by atoms with E-state index in [9.17, 15) is 15.0 Å². The Labute approximate surface area is 244 Å². The molecule has 2 atom stereocenters. The number of hydrogen-bond donors (Lipinski definition) is 2. The van der Waals surface area contributed by atoms with Gasteiger partial charge in [0.15, 0.2) is 5.43 Å². The van der Waals surface area contributed by atoms with Crippen molar-refractivity contribution < 1.29 is 24.1 Å². The van der Waals surface area contributed by atoms with Crippen molar-refractivity contribution in [3.8, 4) is 22.6 Å². The van der Waals surface area contributed by atoms with Crippen LogP contribution >= 0.6 is 0 Å². The highest BCUT2D eigenvalue weighted by Gasteiger charge is 2.15. The molecule has 8 nitrogen and oxygen atoms in total. The number of ether oxygens (including phenoxy) is 2. The third-order valence-electron chi connectivity index (χ3n) is 6.89. The van der Waals surface area contributed by atoms with Gasteiger partial charge in [0, 0.05) is 19.2 Å². The Morgan fingerprint density at radius 2 is 1.22 bits per heavy atom. The SMILES string of the molecule is CCCN(CCC)CC(O)COc1ccc(-c2coc3cc(OCC(O)CN(CCC)CCC)ccc3c2=O)cc1. The zero-order chi connectivity index (χ0) is 29.6. The Hall–Kier alpha value is -2.91. The van der Waals surface area contributed by atoms with Gasteiger partial charge in [-0.1, -0.05) is 39.8 Å². The summed E-state index contributed by atoms with van der Waals surface area (Å²) in [6.07, 6.45) is 4.46. The monoisotopic (exact) mass is 568 g/mol. The number of aliphatic hydroxyl groups excluding tert-OH is 2. The van der Waals surface area contributed by atoms with Crippen molar-refractivity contribution in [2.75, 3.05) is 52.5 Å². The second-order valence-corrected chi connectivity index (χ2v) is 10.7. The molecule has 3 rings (SSSR count). The summed E-state index contributed by atoms with van der Waals surface area (Å²) in [5.41, 5.74) is 1.47. The van der Waals surface area contributed by atoms with Crippen molar-refractivity contribution >= 4 is 11.0 Å². The Kier molecular flexibility index (Phi) is 13.6. The Morgan fingerprint density at radius 3 is 1.73 bits per heavy atom. The lowest BCUT2D eigenvalue weighted by Gasteiger charge is -2.24. The Bertz CT molecular complexity index is 1220. The highest BCUT2D eigenvalue weighted by Crippen LogP contribution is 2.25. The molecular formula is C33H48N2O6. The topological polar surface area (TPSA) is 95.6 Å². The average Bonchev–Trinajstić information content (AvgIpc) is 2.96. The maximum atomic E-state index is 13.2. The van der Waals surface area contributed by atoms with Gasteiger partial charge in [-0.15, -0.1) is 0 Å². The fourth-order valence-corrected chi connectivity index (χ4v) is 5.07. The van der Waals surface area contributed by atoms with E-state index in [1.807, 2.05) is 12.1 Å². The standard InChI is InChI=1S/C33H48N2O6/c1-5-15-34(16-6-2)20-26(36)22-39-28-11-9-25(10-12-28)31-24-41-32-19-29(13-14-30(32)33(31)38)40-23-27(37)21-35(17-7-3)18-8-4/h9-14,19,24,26-27,36-37H,5-8,15-18,20-23H2,1-4H3. The number of rotatable bonds is 19. The van der Waals surface area contributed by atoms with E-state index in [1.165, 1.54) is 6.26 Å². The van der Waals surface area contributed by atoms with Gasteiger partial charge >= 0.3 is 0 Å². The van der Waals surface area contributed by atoms with Gasteiger partial charge in [0.05, 0.1) is 10.9 Å². The molecule has 0 aliphatic heterocycles. The molecule has 2 aromatic carbocycles. The molecule has 0 spiro atoms. The van der Waals surface area contributed by atoms with Crippen LogP contribution in [0.15, 0.2) is 57.9 Å². The van der Waals surface area contributed by atoms with Crippen LogP contribution in [-0.2, 0) is 0 Å². The molecule has 1 heterocycles. The zero-order valence-corrected chi connectivity index (χ0v) is 25.2. The second kappa shape index (κ2) is 17.1. The second-order valence-electron chi connectivity index (χ2n) is 10.7. The Balaban J connectivity index is 1.60. The quantitative estimate of drug-likeness (QED) is 0.204. The molecule has 8 heteroatoms. The van der Waals surface area contributed by atoms with Crippen LogP contribution in [0.3, 0.4) is 0 Å². The summed E-state index contributed by atoms with van der Waals surface area (Å²) < 4.78 is 17.4. The molecule has 41 heavy (non-hydrogen) atoms. The van der Waals surface area contributed by atoms with E-state index in [1.54, 1.807) is 30.3 Å². The first kappa shape index (κ1) is 32.6. The number of fused-ring (bicyclic) bond motifs is 1. The molecule has 0 amide bonds. The van der Waals surface area contributed by atoms with E-state index in [0.29, 0.717) is 41.1 Å². The zero-order valence-electron chi connectivity index (χ0n) is 25.2. The maximum absolute atomic E-state index is 13.2. The number of aliphatic hydroxyl groups is 2. The predicted molar refractivity (Wildman–Crippen MR) is 165 cm³/mol. The van der Waals surface area contributed by atoms with E-state index in [-0.39, 0.29) is 18.6 Å². The number of benzene rings is 2. The van der Waals surface area contributed by atoms with E-state index in [0.717, 1.165) is 57.4 Å². The van der Waals surface area contributed by atoms with Crippen molar-refractivity contribution in [3.05, 3.63) is 59.0 Å². The average molecular weight is 569 g/mol. The van der Waals surface area contributed by atoms with Gasteiger partial charge in [0.2, 0.25) is 0 Å². The van der Waals surface area contributed by atoms with Crippen LogP contribution in [-0.4, -0.2) is 84.7 Å². The predicted octanol–water partition coefficient (Wildman–Crippen LogP) is 5.18. The summed E-state index contributed by atoms with van der Waals surface area (Å²) >= 11 is 0. The van der Waals surface area contributed by atoms with E-state index < -0.39 is 12.2 Å². The molecule has 2 unspecified atom stereocenters. The van der Waals surface area contributed by atoms with Gasteiger partial charge in [-0.25, -0.2) is 0 Å². The first-order chi connectivity index (χ1) is 19.9. The van der Waals surface area contributed by atoms with Crippen LogP contribution < -0.4 is 14.9 Å². The molecule has 1 aromatic heterocycles. The minimum atomic E-state index is -0.606. The summed E-state index contributed by atoms with van der Waals surface area (Å²) in [6, 6.07) is 12.4. The summed E-state index contributed by atoms with van der Waals surface area (Å²) in [6.45, 7) is 13.9. The molecule has 0 aliphatic carbocycles. The fourth-order valence-electron chi connectivity index (χ4n) is 5.07. The summed E-state index contributed by atoms with van der Waals surface area (Å²) in [4.78, 5) is 17.7. The van der Waals surface area contributed by atoms with Crippen molar-refractivity contribution in [3.63, 3.8) is 0 Å². The van der Waals surface area contributed by atoms with Crippen molar-refractivity contribution in [2.45, 2.75) is 65.6 Å². The van der Waals surface area contributed by atoms with Crippen LogP contribution in [0.2, 0.25) is 0 Å². The molecule has 0 radical (unpaired) electrons. The van der Waals surface area contributed by atoms with E-state index >= 15 is 0 Å². The maximum Gasteiger partial charge on any atom is 0.200 e. The molecule has 2 N–H and O–H groups in total. The van der Waals surface area contributed by atoms with Gasteiger partial charge in [-0.3, -0.25) is 4.79 Å². The third-order valence-corrected chi connectivity index (χ3v) is 6.89. The molecule has 226 valence electrons. The van der Waals surface area contributed by atoms with Crippen LogP contribution in [0, 0.1) is 0 Å². The van der Waals surface area contributed by atoms with Crippen LogP contribution in [0.5, 0.6) is 11.5 Å². The fraction of sp³-hybridized carbons (Fsp3) is 0.545. The lowest BCUT2D eigenvalue weighted by Crippen LogP contribution is -2.36. The van der Waals surface area contributed by atoms with E-state index in [4.69, 9.17) is 13.9 Å². The highest BCUT2D eigenvalue weighted by atomic mass is 16.5. The van der Waals surface area contributed by atoms with Gasteiger partial charge in [-0.05, 0) is 81.7 Å². The summed E-state index contributed by atoms with van der Waals surface area (Å²) in [5.74, 6) is 1.17. The van der Waals surface area contributed by atoms with Crippen LogP contribution in [0.1, 0.15) is 53.4 Å². The summed E-state index contributed by atoms with van der Waals surface area (Å²) in [7, 11) is 0. The Morgan fingerprint density at radius 1 is 0.732 bits per heavy atom. The van der Waals surface area contributed by atoms with Gasteiger partial charge in [0.25, 0.3) is 0 Å². The molecule has 0 aliphatic rings. The van der Waals surface area contributed by atoms with E-state index in [2.05, 4.69) is 37.5 Å². The molecule has 3 aromatic rings. The normalized spacial score (nSPS) is 13.2. The molecule has 0 bridgehead atoms. The smallest absolute Gasteiger partial charge is 0.200 e. The molecule has 0 saturated heterocycles. The van der Waals surface area contributed by atoms with Crippen molar-refractivity contribution in [2.24, 2.45) is 0 Å². The van der Waals surface area contributed by atoms with Crippen molar-refractivity contribution in [1.29, 1.82) is 0 Å². The minimum absolute atomic E-state index is 0.136. The minimum Gasteiger partial charge on any atom is -0.491 e. The van der Waals surface area contributed by atoms with Crippen LogP contribution in [0.25, 0.3) is 22.1 Å². The van der Waals surface area contributed by atoms with Crippen molar-refractivity contribution in [1.82, 2.24) is 9.80 Å². The molecular weight excluding hydrogens is 520 g/mol. The molecule has 0 saturated carbocycles. The third kappa shape index (κ3) is 10.1. The number of hydrogen-bond acceptors (Lipinski definition) is 8. The van der Waals surface area contributed by atoms with Gasteiger partial charge in [-0.2, -0.15) is 0 Å². The lowest BCUT2D eigenvalue weighted by atomic mass is 10.1. The first-order valence-corrected chi connectivity index (χ1v) is 15.1. The first-order valence-electron chi connectivity index (χ1n) is 15.1. The van der Waals surface area contributed by atoms with Crippen LogP contribution in [0.4, 0.5) is 0 Å². The van der Waals surface area contributed by atoms with Gasteiger partial charge < -0.3 is 33.9 Å². The largest absolute Gasteiger partial charge is 0.491 e. The summed E-state index contributed by atoms with van der Waals surface area (Å²) in [5, 5.41) is 21.3. The lowest BCUT2D eigenvalue weighted by molar-refractivity contribution is 0.0681. The molecule has 0 fully saturated rings.